The molecule has 1 aliphatic rings. The first-order valence-electron chi connectivity index (χ1n) is 6.35. The summed E-state index contributed by atoms with van der Waals surface area (Å²) in [7, 11) is 0. The Kier molecular flexibility index (Phi) is 3.64. The van der Waals surface area contributed by atoms with Crippen LogP contribution in [0.3, 0.4) is 0 Å². The number of carbonyl (C=O) groups is 1. The van der Waals surface area contributed by atoms with Crippen LogP contribution in [-0.2, 0) is 0 Å². The first kappa shape index (κ1) is 13.7. The Hall–Kier alpha value is -2.31. The number of anilines is 1. The van der Waals surface area contributed by atoms with Gasteiger partial charge in [-0.2, -0.15) is 0 Å². The Morgan fingerprint density at radius 1 is 1.33 bits per heavy atom. The summed E-state index contributed by atoms with van der Waals surface area (Å²) < 4.78 is 5.52. The van der Waals surface area contributed by atoms with Crippen LogP contribution in [0.25, 0.3) is 0 Å². The molecule has 2 heterocycles. The molecule has 1 aromatic heterocycles. The second-order valence-electron chi connectivity index (χ2n) is 4.55. The minimum absolute atomic E-state index is 0.122. The zero-order chi connectivity index (χ0) is 14.8. The lowest BCUT2D eigenvalue weighted by Gasteiger charge is -2.12. The number of hydrazine groups is 1. The van der Waals surface area contributed by atoms with Gasteiger partial charge in [-0.05, 0) is 18.2 Å². The molecule has 1 atom stereocenters. The number of carbonyl (C=O) groups excluding carboxylic acids is 1. The highest BCUT2D eigenvalue weighted by Gasteiger charge is 2.26. The number of hydrogen-bond acceptors (Lipinski definition) is 5. The highest BCUT2D eigenvalue weighted by Crippen LogP contribution is 2.32. The van der Waals surface area contributed by atoms with Crippen molar-refractivity contribution in [3.63, 3.8) is 0 Å². The molecule has 0 radical (unpaired) electrons. The van der Waals surface area contributed by atoms with Gasteiger partial charge in [-0.1, -0.05) is 29.8 Å². The Morgan fingerprint density at radius 3 is 2.95 bits per heavy atom. The SMILES string of the molecule is NNc1ccc(Cl)c(C(=O)NC2COc3ccccc32)n1. The third kappa shape index (κ3) is 2.63. The van der Waals surface area contributed by atoms with E-state index in [1.165, 1.54) is 0 Å². The van der Waals surface area contributed by atoms with Crippen LogP contribution in [0.15, 0.2) is 36.4 Å². The summed E-state index contributed by atoms with van der Waals surface area (Å²) in [6.45, 7) is 0.386. The molecular formula is C14H13ClN4O2. The van der Waals surface area contributed by atoms with Crippen molar-refractivity contribution >= 4 is 23.3 Å². The van der Waals surface area contributed by atoms with E-state index in [1.54, 1.807) is 12.1 Å². The van der Waals surface area contributed by atoms with Crippen molar-refractivity contribution in [2.75, 3.05) is 12.0 Å². The van der Waals surface area contributed by atoms with E-state index in [9.17, 15) is 4.79 Å². The zero-order valence-electron chi connectivity index (χ0n) is 11.0. The second kappa shape index (κ2) is 5.59. The van der Waals surface area contributed by atoms with E-state index in [0.29, 0.717) is 12.4 Å². The van der Waals surface area contributed by atoms with Crippen molar-refractivity contribution in [1.82, 2.24) is 10.3 Å². The van der Waals surface area contributed by atoms with Crippen molar-refractivity contribution in [2.45, 2.75) is 6.04 Å². The van der Waals surface area contributed by atoms with E-state index < -0.39 is 0 Å². The lowest BCUT2D eigenvalue weighted by Crippen LogP contribution is -2.30. The van der Waals surface area contributed by atoms with Crippen LogP contribution in [0, 0.1) is 0 Å². The number of nitrogen functional groups attached to an aromatic ring is 1. The van der Waals surface area contributed by atoms with E-state index in [0.717, 1.165) is 11.3 Å². The molecule has 21 heavy (non-hydrogen) atoms. The van der Waals surface area contributed by atoms with Gasteiger partial charge in [-0.15, -0.1) is 0 Å². The van der Waals surface area contributed by atoms with Crippen LogP contribution in [0.4, 0.5) is 5.82 Å². The third-order valence-electron chi connectivity index (χ3n) is 3.21. The van der Waals surface area contributed by atoms with E-state index in [-0.39, 0.29) is 22.7 Å². The van der Waals surface area contributed by atoms with Gasteiger partial charge in [0.2, 0.25) is 0 Å². The van der Waals surface area contributed by atoms with Crippen molar-refractivity contribution in [1.29, 1.82) is 0 Å². The fraction of sp³-hybridized carbons (Fsp3) is 0.143. The number of aromatic nitrogens is 1. The molecule has 0 bridgehead atoms. The predicted molar refractivity (Wildman–Crippen MR) is 79.2 cm³/mol. The van der Waals surface area contributed by atoms with Crippen molar-refractivity contribution < 1.29 is 9.53 Å². The number of halogens is 1. The second-order valence-corrected chi connectivity index (χ2v) is 4.95. The Bertz CT molecular complexity index is 692. The maximum Gasteiger partial charge on any atom is 0.272 e. The van der Waals surface area contributed by atoms with Gasteiger partial charge in [0.1, 0.15) is 23.9 Å². The van der Waals surface area contributed by atoms with Gasteiger partial charge >= 0.3 is 0 Å². The summed E-state index contributed by atoms with van der Waals surface area (Å²) in [5.41, 5.74) is 3.45. The first-order chi connectivity index (χ1) is 10.2. The number of para-hydroxylation sites is 1. The van der Waals surface area contributed by atoms with Gasteiger partial charge < -0.3 is 15.5 Å². The molecule has 1 unspecified atom stereocenters. The molecule has 0 saturated heterocycles. The highest BCUT2D eigenvalue weighted by atomic mass is 35.5. The topological polar surface area (TPSA) is 89.3 Å². The van der Waals surface area contributed by atoms with Crippen LogP contribution in [0.2, 0.25) is 5.02 Å². The quantitative estimate of drug-likeness (QED) is 0.595. The van der Waals surface area contributed by atoms with E-state index in [2.05, 4.69) is 15.7 Å². The van der Waals surface area contributed by atoms with Crippen molar-refractivity contribution in [2.24, 2.45) is 5.84 Å². The molecule has 4 N–H and O–H groups in total. The number of hydrogen-bond donors (Lipinski definition) is 3. The number of nitrogens with zero attached hydrogens (tertiary/aromatic N) is 1. The Balaban J connectivity index is 1.82. The Morgan fingerprint density at radius 2 is 2.14 bits per heavy atom. The van der Waals surface area contributed by atoms with Crippen LogP contribution in [0.1, 0.15) is 22.1 Å². The third-order valence-corrected chi connectivity index (χ3v) is 3.52. The fourth-order valence-corrected chi connectivity index (χ4v) is 2.38. The number of benzene rings is 1. The summed E-state index contributed by atoms with van der Waals surface area (Å²) in [6, 6.07) is 10.5. The van der Waals surface area contributed by atoms with E-state index in [4.69, 9.17) is 22.2 Å². The number of ether oxygens (including phenoxy) is 1. The van der Waals surface area contributed by atoms with Gasteiger partial charge in [0, 0.05) is 5.56 Å². The molecule has 3 rings (SSSR count). The predicted octanol–water partition coefficient (Wildman–Crippen LogP) is 1.88. The highest BCUT2D eigenvalue weighted by molar-refractivity contribution is 6.33. The molecule has 1 amide bonds. The minimum Gasteiger partial charge on any atom is -0.491 e. The maximum atomic E-state index is 12.3. The molecule has 0 saturated carbocycles. The van der Waals surface area contributed by atoms with Gasteiger partial charge in [0.15, 0.2) is 0 Å². The van der Waals surface area contributed by atoms with Crippen LogP contribution in [0.5, 0.6) is 5.75 Å². The average molecular weight is 305 g/mol. The van der Waals surface area contributed by atoms with Gasteiger partial charge in [-0.25, -0.2) is 10.8 Å². The summed E-state index contributed by atoms with van der Waals surface area (Å²) in [4.78, 5) is 16.4. The number of fused-ring (bicyclic) bond motifs is 1. The molecule has 1 aliphatic heterocycles. The number of pyridine rings is 1. The molecule has 6 nitrogen and oxygen atoms in total. The maximum absolute atomic E-state index is 12.3. The molecule has 0 fully saturated rings. The van der Waals surface area contributed by atoms with Gasteiger partial charge in [-0.3, -0.25) is 4.79 Å². The fourth-order valence-electron chi connectivity index (χ4n) is 2.19. The number of nitrogens with one attached hydrogen (secondary N) is 2. The van der Waals surface area contributed by atoms with Crippen LogP contribution in [-0.4, -0.2) is 17.5 Å². The number of nitrogens with two attached hydrogens (primary N) is 1. The molecule has 108 valence electrons. The molecular weight excluding hydrogens is 292 g/mol. The smallest absolute Gasteiger partial charge is 0.272 e. The largest absolute Gasteiger partial charge is 0.491 e. The van der Waals surface area contributed by atoms with E-state index >= 15 is 0 Å². The number of amides is 1. The normalized spacial score (nSPS) is 16.0. The van der Waals surface area contributed by atoms with E-state index in [1.807, 2.05) is 24.3 Å². The summed E-state index contributed by atoms with van der Waals surface area (Å²) in [5, 5.41) is 3.13. The van der Waals surface area contributed by atoms with Gasteiger partial charge in [0.25, 0.3) is 5.91 Å². The molecule has 7 heteroatoms. The average Bonchev–Trinajstić information content (AvgIpc) is 2.91. The zero-order valence-corrected chi connectivity index (χ0v) is 11.7. The van der Waals surface area contributed by atoms with Crippen LogP contribution >= 0.6 is 11.6 Å². The lowest BCUT2D eigenvalue weighted by molar-refractivity contribution is 0.0925. The monoisotopic (exact) mass is 304 g/mol. The lowest BCUT2D eigenvalue weighted by atomic mass is 10.1. The molecule has 0 spiro atoms. The first-order valence-corrected chi connectivity index (χ1v) is 6.72. The minimum atomic E-state index is -0.373. The summed E-state index contributed by atoms with van der Waals surface area (Å²) in [6.07, 6.45) is 0. The molecule has 0 aliphatic carbocycles. The van der Waals surface area contributed by atoms with Crippen LogP contribution < -0.4 is 21.3 Å². The Labute approximate surface area is 126 Å². The van der Waals surface area contributed by atoms with Crippen molar-refractivity contribution in [3.8, 4) is 5.75 Å². The molecule has 2 aromatic rings. The number of rotatable bonds is 3. The summed E-state index contributed by atoms with van der Waals surface area (Å²) in [5.74, 6) is 6.06. The van der Waals surface area contributed by atoms with Crippen molar-refractivity contribution in [3.05, 3.63) is 52.7 Å². The van der Waals surface area contributed by atoms with Gasteiger partial charge in [0.05, 0.1) is 11.1 Å². The molecule has 1 aromatic carbocycles. The standard InChI is InChI=1S/C14H13ClN4O2/c15-9-5-6-12(19-16)18-13(9)14(20)17-10-7-21-11-4-2-1-3-8(10)11/h1-6,10H,7,16H2,(H,17,20)(H,18,19). The summed E-state index contributed by atoms with van der Waals surface area (Å²) >= 11 is 6.01.